The molecule has 0 radical (unpaired) electrons. The summed E-state index contributed by atoms with van der Waals surface area (Å²) in [7, 11) is 0. The van der Waals surface area contributed by atoms with Gasteiger partial charge in [-0.1, -0.05) is 13.3 Å². The third-order valence-corrected chi connectivity index (χ3v) is 3.38. The Morgan fingerprint density at radius 3 is 2.90 bits per heavy atom. The molecule has 0 aliphatic carbocycles. The lowest BCUT2D eigenvalue weighted by atomic mass is 10.2. The number of aryl methyl sites for hydroxylation is 1. The first-order valence-corrected chi connectivity index (χ1v) is 6.86. The Morgan fingerprint density at radius 1 is 1.57 bits per heavy atom. The summed E-state index contributed by atoms with van der Waals surface area (Å²) in [6.45, 7) is 3.33. The topological polar surface area (TPSA) is 113 Å². The Morgan fingerprint density at radius 2 is 2.33 bits per heavy atom. The fourth-order valence-electron chi connectivity index (χ4n) is 2.38. The van der Waals surface area contributed by atoms with E-state index in [4.69, 9.17) is 0 Å². The van der Waals surface area contributed by atoms with Gasteiger partial charge < -0.3 is 10.6 Å². The van der Waals surface area contributed by atoms with E-state index in [1.165, 1.54) is 0 Å². The van der Waals surface area contributed by atoms with Gasteiger partial charge >= 0.3 is 5.69 Å². The molecule has 1 aromatic heterocycles. The minimum atomic E-state index is -0.544. The van der Waals surface area contributed by atoms with Crippen molar-refractivity contribution in [1.82, 2.24) is 20.8 Å². The van der Waals surface area contributed by atoms with E-state index in [1.54, 1.807) is 0 Å². The number of hydrogen-bond donors (Lipinski definition) is 3. The van der Waals surface area contributed by atoms with E-state index in [9.17, 15) is 14.9 Å². The Balaban J connectivity index is 0.00000220. The number of nitrogens with one attached hydrogen (secondary N) is 3. The van der Waals surface area contributed by atoms with E-state index in [0.717, 1.165) is 25.8 Å². The van der Waals surface area contributed by atoms with Crippen molar-refractivity contribution in [3.05, 3.63) is 21.5 Å². The summed E-state index contributed by atoms with van der Waals surface area (Å²) in [4.78, 5) is 22.6. The van der Waals surface area contributed by atoms with Gasteiger partial charge in [-0.25, -0.2) is 0 Å². The maximum absolute atomic E-state index is 12.0. The minimum Gasteiger partial charge on any atom is -0.349 e. The number of aromatic nitrogens is 2. The van der Waals surface area contributed by atoms with Crippen molar-refractivity contribution in [3.8, 4) is 0 Å². The number of halogens is 1. The van der Waals surface area contributed by atoms with Crippen molar-refractivity contribution < 1.29 is 9.72 Å². The first kappa shape index (κ1) is 17.4. The van der Waals surface area contributed by atoms with Gasteiger partial charge in [-0.3, -0.25) is 20.0 Å². The Hall–Kier alpha value is -1.67. The molecule has 1 amide bonds. The molecule has 0 aromatic carbocycles. The summed E-state index contributed by atoms with van der Waals surface area (Å²) in [5.41, 5.74) is 0.0711. The van der Waals surface area contributed by atoms with E-state index < -0.39 is 10.8 Å². The highest BCUT2D eigenvalue weighted by molar-refractivity contribution is 5.96. The molecule has 1 aromatic rings. The number of aromatic amines is 1. The van der Waals surface area contributed by atoms with Crippen LogP contribution in [-0.4, -0.2) is 40.2 Å². The van der Waals surface area contributed by atoms with Gasteiger partial charge in [-0.15, -0.1) is 12.4 Å². The zero-order valence-corrected chi connectivity index (χ0v) is 12.7. The van der Waals surface area contributed by atoms with Gasteiger partial charge in [0.1, 0.15) is 5.69 Å². The van der Waals surface area contributed by atoms with Crippen LogP contribution >= 0.6 is 12.4 Å². The molecule has 2 heterocycles. The third-order valence-electron chi connectivity index (χ3n) is 3.38. The molecule has 1 aliphatic rings. The smallest absolute Gasteiger partial charge is 0.322 e. The van der Waals surface area contributed by atoms with Gasteiger partial charge in [0.05, 0.1) is 4.92 Å². The summed E-state index contributed by atoms with van der Waals surface area (Å²) < 4.78 is 0. The monoisotopic (exact) mass is 317 g/mol. The molecular formula is C12H20ClN5O3. The van der Waals surface area contributed by atoms with Crippen LogP contribution in [0.15, 0.2) is 0 Å². The molecule has 1 fully saturated rings. The van der Waals surface area contributed by atoms with Crippen molar-refractivity contribution in [2.45, 2.75) is 38.6 Å². The number of carbonyl (C=O) groups excluding carboxylic acids is 1. The van der Waals surface area contributed by atoms with Crippen LogP contribution in [0.1, 0.15) is 42.4 Å². The number of hydrogen-bond acceptors (Lipinski definition) is 5. The van der Waals surface area contributed by atoms with Gasteiger partial charge in [0.25, 0.3) is 5.91 Å². The fourth-order valence-corrected chi connectivity index (χ4v) is 2.38. The zero-order chi connectivity index (χ0) is 14.5. The molecule has 2 rings (SSSR count). The van der Waals surface area contributed by atoms with Gasteiger partial charge in [0.2, 0.25) is 5.69 Å². The lowest BCUT2D eigenvalue weighted by Gasteiger charge is -2.10. The van der Waals surface area contributed by atoms with Crippen LogP contribution in [-0.2, 0) is 6.42 Å². The van der Waals surface area contributed by atoms with Crippen molar-refractivity contribution >= 4 is 24.0 Å². The highest BCUT2D eigenvalue weighted by Gasteiger charge is 2.29. The molecular weight excluding hydrogens is 298 g/mol. The third kappa shape index (κ3) is 4.15. The molecule has 0 spiro atoms. The van der Waals surface area contributed by atoms with Crippen LogP contribution in [0.25, 0.3) is 0 Å². The van der Waals surface area contributed by atoms with Crippen LogP contribution in [0.4, 0.5) is 5.69 Å². The molecule has 1 atom stereocenters. The van der Waals surface area contributed by atoms with Gasteiger partial charge in [0, 0.05) is 12.6 Å². The number of rotatable bonds is 6. The average Bonchev–Trinajstić information content (AvgIpc) is 3.05. The van der Waals surface area contributed by atoms with Gasteiger partial charge in [-0.2, -0.15) is 5.10 Å². The largest absolute Gasteiger partial charge is 0.349 e. The predicted octanol–water partition coefficient (Wildman–Crippen LogP) is 1.17. The fraction of sp³-hybridized carbons (Fsp3) is 0.667. The lowest BCUT2D eigenvalue weighted by molar-refractivity contribution is -0.385. The zero-order valence-electron chi connectivity index (χ0n) is 11.8. The standard InChI is InChI=1S/C12H19N5O3.ClH/c1-2-4-9-11(17(19)20)10(16-15-9)12(18)14-7-8-5-3-6-13-8;/h8,13H,2-7H2,1H3,(H,14,18)(H,15,16);1H. The number of nitrogens with zero attached hydrogens (tertiary/aromatic N) is 2. The first-order chi connectivity index (χ1) is 9.63. The number of carbonyl (C=O) groups is 1. The van der Waals surface area contributed by atoms with Crippen molar-refractivity contribution in [3.63, 3.8) is 0 Å². The lowest BCUT2D eigenvalue weighted by Crippen LogP contribution is -2.37. The Kier molecular flexibility index (Phi) is 6.57. The van der Waals surface area contributed by atoms with Crippen molar-refractivity contribution in [2.75, 3.05) is 13.1 Å². The van der Waals surface area contributed by atoms with E-state index in [0.29, 0.717) is 18.7 Å². The van der Waals surface area contributed by atoms with E-state index in [2.05, 4.69) is 20.8 Å². The Labute approximate surface area is 128 Å². The van der Waals surface area contributed by atoms with Crippen LogP contribution in [0.5, 0.6) is 0 Å². The molecule has 1 aliphatic heterocycles. The average molecular weight is 318 g/mol. The normalized spacial score (nSPS) is 17.3. The van der Waals surface area contributed by atoms with Crippen LogP contribution in [0.3, 0.4) is 0 Å². The number of H-pyrrole nitrogens is 1. The maximum Gasteiger partial charge on any atom is 0.322 e. The summed E-state index contributed by atoms with van der Waals surface area (Å²) in [5.74, 6) is -0.496. The quantitative estimate of drug-likeness (QED) is 0.538. The molecule has 1 unspecified atom stereocenters. The highest BCUT2D eigenvalue weighted by Crippen LogP contribution is 2.22. The van der Waals surface area contributed by atoms with Crippen LogP contribution < -0.4 is 10.6 Å². The molecule has 9 heteroatoms. The maximum atomic E-state index is 12.0. The second-order valence-corrected chi connectivity index (χ2v) is 4.91. The molecule has 8 nitrogen and oxygen atoms in total. The number of amides is 1. The molecule has 118 valence electrons. The van der Waals surface area contributed by atoms with Crippen molar-refractivity contribution in [1.29, 1.82) is 0 Å². The molecule has 0 bridgehead atoms. The molecule has 21 heavy (non-hydrogen) atoms. The highest BCUT2D eigenvalue weighted by atomic mass is 35.5. The predicted molar refractivity (Wildman–Crippen MR) is 79.8 cm³/mol. The first-order valence-electron chi connectivity index (χ1n) is 6.86. The molecule has 3 N–H and O–H groups in total. The van der Waals surface area contributed by atoms with E-state index >= 15 is 0 Å². The molecule has 0 saturated carbocycles. The second-order valence-electron chi connectivity index (χ2n) is 4.91. The Bertz CT molecular complexity index is 499. The van der Waals surface area contributed by atoms with Crippen LogP contribution in [0.2, 0.25) is 0 Å². The summed E-state index contributed by atoms with van der Waals surface area (Å²) >= 11 is 0. The van der Waals surface area contributed by atoms with Crippen molar-refractivity contribution in [2.24, 2.45) is 0 Å². The minimum absolute atomic E-state index is 0. The van der Waals surface area contributed by atoms with Gasteiger partial charge in [0.15, 0.2) is 0 Å². The SMILES string of the molecule is CCCc1[nH]nc(C(=O)NCC2CCCN2)c1[N+](=O)[O-].Cl. The summed E-state index contributed by atoms with van der Waals surface area (Å²) in [6.07, 6.45) is 3.34. The van der Waals surface area contributed by atoms with Crippen LogP contribution in [0, 0.1) is 10.1 Å². The molecule has 1 saturated heterocycles. The van der Waals surface area contributed by atoms with E-state index in [1.807, 2.05) is 6.92 Å². The summed E-state index contributed by atoms with van der Waals surface area (Å²) in [5, 5.41) is 23.4. The van der Waals surface area contributed by atoms with Gasteiger partial charge in [-0.05, 0) is 25.8 Å². The second kappa shape index (κ2) is 7.94. The summed E-state index contributed by atoms with van der Waals surface area (Å²) in [6, 6.07) is 0.243. The van der Waals surface area contributed by atoms with E-state index in [-0.39, 0.29) is 29.8 Å². The number of nitro groups is 1.